The number of hydrogen-bond acceptors (Lipinski definition) is 3. The number of benzene rings is 1. The van der Waals surface area contributed by atoms with Crippen molar-refractivity contribution in [2.75, 3.05) is 0 Å². The Labute approximate surface area is 73.6 Å². The van der Waals surface area contributed by atoms with Crippen LogP contribution in [0.3, 0.4) is 0 Å². The summed E-state index contributed by atoms with van der Waals surface area (Å²) in [5, 5.41) is 19.3. The van der Waals surface area contributed by atoms with Crippen molar-refractivity contribution < 1.29 is 9.50 Å². The molecule has 0 aliphatic rings. The molecule has 12 heavy (non-hydrogen) atoms. The van der Waals surface area contributed by atoms with E-state index in [2.05, 4.69) is 0 Å². The Bertz CT molecular complexity index is 346. The van der Waals surface area contributed by atoms with Crippen LogP contribution >= 0.6 is 11.8 Å². The molecule has 0 saturated carbocycles. The summed E-state index contributed by atoms with van der Waals surface area (Å²) in [5.74, 6) is -0.653. The molecule has 4 heteroatoms. The number of aromatic hydroxyl groups is 1. The van der Waals surface area contributed by atoms with Crippen LogP contribution in [0.15, 0.2) is 17.0 Å². The first-order valence-electron chi connectivity index (χ1n) is 3.20. The van der Waals surface area contributed by atoms with Crippen molar-refractivity contribution in [2.45, 2.75) is 11.8 Å². The Morgan fingerprint density at radius 2 is 2.25 bits per heavy atom. The summed E-state index contributed by atoms with van der Waals surface area (Å²) in [6, 6.07) is 2.45. The fourth-order valence-corrected chi connectivity index (χ4v) is 1.27. The number of rotatable bonds is 1. The van der Waals surface area contributed by atoms with Gasteiger partial charge in [-0.2, -0.15) is 5.26 Å². The van der Waals surface area contributed by atoms with Gasteiger partial charge in [0.15, 0.2) is 0 Å². The van der Waals surface area contributed by atoms with E-state index < -0.39 is 5.82 Å². The van der Waals surface area contributed by atoms with Gasteiger partial charge >= 0.3 is 0 Å². The summed E-state index contributed by atoms with van der Waals surface area (Å²) in [5.41, 5.74) is 0.422. The molecular weight excluding hydrogens is 177 g/mol. The quantitative estimate of drug-likeness (QED) is 0.537. The van der Waals surface area contributed by atoms with Crippen molar-refractivity contribution in [3.8, 4) is 11.2 Å². The summed E-state index contributed by atoms with van der Waals surface area (Å²) >= 11 is 0.814. The standard InChI is InChI=1S/C8H6FNOS/c1-5-2-8(12-4-10)7(11)3-6(5)9/h2-3,11H,1H3. The van der Waals surface area contributed by atoms with Crippen LogP contribution in [-0.4, -0.2) is 5.11 Å². The fraction of sp³-hybridized carbons (Fsp3) is 0.125. The van der Waals surface area contributed by atoms with Crippen molar-refractivity contribution in [1.82, 2.24) is 0 Å². The molecule has 0 heterocycles. The van der Waals surface area contributed by atoms with Gasteiger partial charge in [0.05, 0.1) is 4.90 Å². The number of phenolic OH excluding ortho intramolecular Hbond substituents is 1. The molecule has 0 bridgehead atoms. The molecular formula is C8H6FNOS. The molecule has 0 amide bonds. The fourth-order valence-electron chi connectivity index (χ4n) is 0.775. The topological polar surface area (TPSA) is 44.0 Å². The maximum absolute atomic E-state index is 12.7. The molecule has 1 aromatic carbocycles. The van der Waals surface area contributed by atoms with Crippen LogP contribution in [0.25, 0.3) is 0 Å². The highest BCUT2D eigenvalue weighted by atomic mass is 32.2. The van der Waals surface area contributed by atoms with Crippen molar-refractivity contribution in [1.29, 1.82) is 5.26 Å². The number of nitriles is 1. The first-order valence-corrected chi connectivity index (χ1v) is 4.02. The predicted octanol–water partition coefficient (Wildman–Crippen LogP) is 2.41. The van der Waals surface area contributed by atoms with Gasteiger partial charge in [0.25, 0.3) is 0 Å². The Morgan fingerprint density at radius 3 is 2.83 bits per heavy atom. The van der Waals surface area contributed by atoms with Crippen molar-refractivity contribution in [3.05, 3.63) is 23.5 Å². The Hall–Kier alpha value is -1.21. The molecule has 0 spiro atoms. The zero-order valence-electron chi connectivity index (χ0n) is 6.34. The maximum Gasteiger partial charge on any atom is 0.138 e. The largest absolute Gasteiger partial charge is 0.507 e. The lowest BCUT2D eigenvalue weighted by Gasteiger charge is -2.01. The van der Waals surface area contributed by atoms with Crippen LogP contribution < -0.4 is 0 Å². The molecule has 62 valence electrons. The number of hydrogen-bond donors (Lipinski definition) is 1. The van der Waals surface area contributed by atoms with Gasteiger partial charge in [-0.15, -0.1) is 0 Å². The van der Waals surface area contributed by atoms with Crippen LogP contribution in [-0.2, 0) is 0 Å². The molecule has 0 fully saturated rings. The van der Waals surface area contributed by atoms with E-state index >= 15 is 0 Å². The molecule has 1 N–H and O–H groups in total. The summed E-state index contributed by atoms with van der Waals surface area (Å²) in [7, 11) is 0. The van der Waals surface area contributed by atoms with Gasteiger partial charge in [-0.05, 0) is 30.3 Å². The molecule has 0 aromatic heterocycles. The molecule has 0 atom stereocenters. The number of phenols is 1. The summed E-state index contributed by atoms with van der Waals surface area (Å²) in [6.07, 6.45) is 0. The third kappa shape index (κ3) is 1.69. The molecule has 0 radical (unpaired) electrons. The number of nitrogens with zero attached hydrogens (tertiary/aromatic N) is 1. The van der Waals surface area contributed by atoms with E-state index in [1.54, 1.807) is 12.3 Å². The molecule has 1 aromatic rings. The minimum Gasteiger partial charge on any atom is -0.507 e. The van der Waals surface area contributed by atoms with Gasteiger partial charge in [-0.25, -0.2) is 4.39 Å². The Balaban J connectivity index is 3.16. The van der Waals surface area contributed by atoms with Gasteiger partial charge in [0.2, 0.25) is 0 Å². The molecule has 0 aliphatic heterocycles. The van der Waals surface area contributed by atoms with Crippen LogP contribution in [0.2, 0.25) is 0 Å². The maximum atomic E-state index is 12.7. The molecule has 0 saturated heterocycles. The Morgan fingerprint density at radius 1 is 1.58 bits per heavy atom. The highest BCUT2D eigenvalue weighted by molar-refractivity contribution is 8.03. The van der Waals surface area contributed by atoms with Gasteiger partial charge in [-0.1, -0.05) is 0 Å². The first kappa shape index (κ1) is 8.88. The summed E-state index contributed by atoms with van der Waals surface area (Å²) in [4.78, 5) is 0.386. The van der Waals surface area contributed by atoms with E-state index in [-0.39, 0.29) is 5.75 Å². The minimum atomic E-state index is -0.463. The van der Waals surface area contributed by atoms with E-state index in [0.29, 0.717) is 10.5 Å². The number of halogens is 1. The van der Waals surface area contributed by atoms with E-state index in [9.17, 15) is 4.39 Å². The Kier molecular flexibility index (Phi) is 2.56. The first-order chi connectivity index (χ1) is 5.65. The normalized spacial score (nSPS) is 9.42. The van der Waals surface area contributed by atoms with Crippen molar-refractivity contribution in [3.63, 3.8) is 0 Å². The average Bonchev–Trinajstić information content (AvgIpc) is 2.01. The summed E-state index contributed by atoms with van der Waals surface area (Å²) in [6.45, 7) is 1.58. The second-order valence-corrected chi connectivity index (χ2v) is 3.09. The molecule has 2 nitrogen and oxygen atoms in total. The average molecular weight is 183 g/mol. The predicted molar refractivity (Wildman–Crippen MR) is 44.3 cm³/mol. The van der Waals surface area contributed by atoms with E-state index in [4.69, 9.17) is 10.4 Å². The van der Waals surface area contributed by atoms with Crippen LogP contribution in [0.5, 0.6) is 5.75 Å². The number of thioether (sulfide) groups is 1. The van der Waals surface area contributed by atoms with Crippen LogP contribution in [0.1, 0.15) is 5.56 Å². The zero-order chi connectivity index (χ0) is 9.14. The van der Waals surface area contributed by atoms with E-state index in [1.807, 2.05) is 0 Å². The monoisotopic (exact) mass is 183 g/mol. The lowest BCUT2D eigenvalue weighted by atomic mass is 10.2. The smallest absolute Gasteiger partial charge is 0.138 e. The number of thiocyanates is 1. The number of aryl methyl sites for hydroxylation is 1. The van der Waals surface area contributed by atoms with E-state index in [1.165, 1.54) is 6.07 Å². The van der Waals surface area contributed by atoms with Gasteiger partial charge in [0, 0.05) is 6.07 Å². The van der Waals surface area contributed by atoms with Crippen molar-refractivity contribution >= 4 is 11.8 Å². The molecule has 0 aliphatic carbocycles. The van der Waals surface area contributed by atoms with Gasteiger partial charge in [0.1, 0.15) is 17.0 Å². The summed E-state index contributed by atoms with van der Waals surface area (Å²) < 4.78 is 12.7. The van der Waals surface area contributed by atoms with Crippen LogP contribution in [0, 0.1) is 23.4 Å². The lowest BCUT2D eigenvalue weighted by Crippen LogP contribution is -1.82. The van der Waals surface area contributed by atoms with Crippen molar-refractivity contribution in [2.24, 2.45) is 0 Å². The minimum absolute atomic E-state index is 0.190. The van der Waals surface area contributed by atoms with E-state index in [0.717, 1.165) is 17.8 Å². The third-order valence-corrected chi connectivity index (χ3v) is 2.03. The highest BCUT2D eigenvalue weighted by Gasteiger charge is 2.05. The van der Waals surface area contributed by atoms with Gasteiger partial charge in [-0.3, -0.25) is 0 Å². The second-order valence-electron chi connectivity index (χ2n) is 2.26. The molecule has 0 unspecified atom stereocenters. The van der Waals surface area contributed by atoms with Crippen LogP contribution in [0.4, 0.5) is 4.39 Å². The SMILES string of the molecule is Cc1cc(SC#N)c(O)cc1F. The second kappa shape index (κ2) is 3.46. The molecule has 1 rings (SSSR count). The third-order valence-electron chi connectivity index (χ3n) is 1.40. The zero-order valence-corrected chi connectivity index (χ0v) is 7.15. The highest BCUT2D eigenvalue weighted by Crippen LogP contribution is 2.29. The lowest BCUT2D eigenvalue weighted by molar-refractivity contribution is 0.455. The van der Waals surface area contributed by atoms with Gasteiger partial charge < -0.3 is 5.11 Å².